The van der Waals surface area contributed by atoms with Crippen LogP contribution in [0.2, 0.25) is 0 Å². The lowest BCUT2D eigenvalue weighted by Gasteiger charge is -2.46. The number of rotatable bonds is 14. The van der Waals surface area contributed by atoms with Crippen molar-refractivity contribution in [3.63, 3.8) is 0 Å². The number of Topliss-reactive ketones (excluding diaryl/α,β-unsaturated/α-hetero) is 1. The molecule has 17 atom stereocenters. The summed E-state index contributed by atoms with van der Waals surface area (Å²) in [5.74, 6) is -1.79. The summed E-state index contributed by atoms with van der Waals surface area (Å²) in [4.78, 5) is 12.7. The molecule has 3 aliphatic heterocycles. The minimum absolute atomic E-state index is 0.0182. The zero-order valence-electron chi connectivity index (χ0n) is 25.9. The molecule has 0 unspecified atom stereocenters. The topological polar surface area (TPSA) is 309 Å². The van der Waals surface area contributed by atoms with E-state index in [4.69, 9.17) is 62.8 Å². The summed E-state index contributed by atoms with van der Waals surface area (Å²) in [5.41, 5.74) is 35.8. The molecule has 268 valence electrons. The van der Waals surface area contributed by atoms with Gasteiger partial charge in [-0.05, 0) is 38.0 Å². The number of alkyl halides is 1. The Morgan fingerprint density at radius 1 is 0.783 bits per heavy atom. The van der Waals surface area contributed by atoms with E-state index in [0.29, 0.717) is 25.7 Å². The first-order valence-corrected chi connectivity index (χ1v) is 16.0. The second-order valence-corrected chi connectivity index (χ2v) is 12.7. The number of aliphatic hydroxyl groups excluding tert-OH is 4. The molecule has 0 radical (unpaired) electrons. The van der Waals surface area contributed by atoms with Crippen LogP contribution in [0.3, 0.4) is 0 Å². The van der Waals surface area contributed by atoms with E-state index in [1.54, 1.807) is 0 Å². The maximum absolute atomic E-state index is 14.0. The monoisotopic (exact) mass is 668 g/mol. The third kappa shape index (κ3) is 8.75. The second kappa shape index (κ2) is 17.1. The third-order valence-electron chi connectivity index (χ3n) is 9.37. The van der Waals surface area contributed by atoms with Gasteiger partial charge in [-0.25, -0.2) is 4.39 Å². The van der Waals surface area contributed by atoms with E-state index in [0.717, 1.165) is 0 Å². The number of aliphatic hydroxyl groups is 4. The summed E-state index contributed by atoms with van der Waals surface area (Å²) >= 11 is 0. The molecule has 3 saturated heterocycles. The van der Waals surface area contributed by atoms with Gasteiger partial charge in [-0.1, -0.05) is 0 Å². The fraction of sp³-hybridized carbons (Fsp3) is 0.964. The highest BCUT2D eigenvalue weighted by Crippen LogP contribution is 2.37. The summed E-state index contributed by atoms with van der Waals surface area (Å²) in [7, 11) is 0. The van der Waals surface area contributed by atoms with Crippen molar-refractivity contribution in [2.24, 2.45) is 40.3 Å². The van der Waals surface area contributed by atoms with Gasteiger partial charge in [0.25, 0.3) is 0 Å². The first-order valence-electron chi connectivity index (χ1n) is 16.0. The molecule has 3 heterocycles. The van der Waals surface area contributed by atoms with Gasteiger partial charge in [0.2, 0.25) is 0 Å². The second-order valence-electron chi connectivity index (χ2n) is 12.7. The number of ketones is 1. The van der Waals surface area contributed by atoms with Gasteiger partial charge >= 0.3 is 0 Å². The molecule has 1 saturated carbocycles. The molecule has 17 nitrogen and oxygen atoms in total. The molecule has 18 heteroatoms. The fourth-order valence-electron chi connectivity index (χ4n) is 6.54. The van der Waals surface area contributed by atoms with Crippen molar-refractivity contribution >= 4 is 5.78 Å². The third-order valence-corrected chi connectivity index (χ3v) is 9.37. The van der Waals surface area contributed by atoms with Crippen molar-refractivity contribution in [2.45, 2.75) is 137 Å². The maximum Gasteiger partial charge on any atom is 0.187 e. The molecule has 0 amide bonds. The minimum Gasteiger partial charge on any atom is -0.394 e. The number of nitrogens with two attached hydrogens (primary N) is 6. The smallest absolute Gasteiger partial charge is 0.187 e. The van der Waals surface area contributed by atoms with E-state index in [1.807, 2.05) is 0 Å². The van der Waals surface area contributed by atoms with Gasteiger partial charge in [-0.3, -0.25) is 4.79 Å². The average Bonchev–Trinajstić information content (AvgIpc) is 3.35. The van der Waals surface area contributed by atoms with E-state index in [-0.39, 0.29) is 31.7 Å². The van der Waals surface area contributed by atoms with E-state index < -0.39 is 117 Å². The predicted octanol–water partition coefficient (Wildman–Crippen LogP) is -4.87. The van der Waals surface area contributed by atoms with Gasteiger partial charge < -0.3 is 83.2 Å². The van der Waals surface area contributed by atoms with E-state index in [1.165, 1.54) is 0 Å². The van der Waals surface area contributed by atoms with Crippen LogP contribution in [0.4, 0.5) is 4.39 Å². The quantitative estimate of drug-likeness (QED) is 0.0829. The van der Waals surface area contributed by atoms with E-state index >= 15 is 0 Å². The molecule has 0 bridgehead atoms. The Labute approximate surface area is 267 Å². The Bertz CT molecular complexity index is 966. The highest BCUT2D eigenvalue weighted by molar-refractivity contribution is 5.83. The van der Waals surface area contributed by atoms with Gasteiger partial charge in [-0.15, -0.1) is 0 Å². The van der Waals surface area contributed by atoms with Crippen molar-refractivity contribution in [3.05, 3.63) is 0 Å². The minimum atomic E-state index is -1.99. The Morgan fingerprint density at radius 3 is 1.85 bits per heavy atom. The van der Waals surface area contributed by atoms with Crippen molar-refractivity contribution in [3.8, 4) is 0 Å². The summed E-state index contributed by atoms with van der Waals surface area (Å²) in [6.45, 7) is -0.667. The van der Waals surface area contributed by atoms with Crippen LogP contribution in [-0.4, -0.2) is 151 Å². The predicted molar refractivity (Wildman–Crippen MR) is 158 cm³/mol. The summed E-state index contributed by atoms with van der Waals surface area (Å²) in [5, 5.41) is 43.0. The van der Waals surface area contributed by atoms with Crippen LogP contribution in [0.1, 0.15) is 38.5 Å². The van der Waals surface area contributed by atoms with Crippen LogP contribution < -0.4 is 34.4 Å². The molecule has 0 aromatic rings. The Morgan fingerprint density at radius 2 is 1.33 bits per heavy atom. The van der Waals surface area contributed by atoms with Gasteiger partial charge in [0.05, 0.1) is 37.0 Å². The largest absolute Gasteiger partial charge is 0.394 e. The highest BCUT2D eigenvalue weighted by Gasteiger charge is 2.53. The number of hydrogen-bond donors (Lipinski definition) is 10. The van der Waals surface area contributed by atoms with Crippen molar-refractivity contribution in [2.75, 3.05) is 26.2 Å². The lowest BCUT2D eigenvalue weighted by molar-refractivity contribution is -0.291. The van der Waals surface area contributed by atoms with Gasteiger partial charge in [0.1, 0.15) is 42.8 Å². The standard InChI is InChI=1S/C28H53FN6O11/c29-14(9-32)21(39)18(37)6-11-5-17(35)23(44-26-15(33)3-1-12(7-30)41-26)25(20(11)38)46-28-22(40)24(19(10-36)43-28)45-27-16(34)4-2-13(8-31)42-27/h11-17,19-28,36,38-40H,1-10,30-35H2/t11-,12-,13+,14-,15+,16+,17-,19+,20-,21+,22+,23+,24+,25+,26+,27+,28-/m0/s1. The van der Waals surface area contributed by atoms with Crippen molar-refractivity contribution in [1.29, 1.82) is 0 Å². The first-order chi connectivity index (χ1) is 21.9. The Kier molecular flexibility index (Phi) is 14.0. The van der Waals surface area contributed by atoms with Crippen LogP contribution in [0, 0.1) is 5.92 Å². The number of ether oxygens (including phenoxy) is 6. The zero-order valence-corrected chi connectivity index (χ0v) is 25.9. The van der Waals surface area contributed by atoms with Gasteiger partial charge in [0.15, 0.2) is 24.7 Å². The van der Waals surface area contributed by atoms with Crippen LogP contribution in [0.25, 0.3) is 0 Å². The molecular formula is C28H53FN6O11. The number of hydrogen-bond acceptors (Lipinski definition) is 17. The average molecular weight is 669 g/mol. The first kappa shape index (κ1) is 37.8. The molecule has 0 aromatic carbocycles. The van der Waals surface area contributed by atoms with Crippen LogP contribution in [-0.2, 0) is 33.2 Å². The summed E-state index contributed by atoms with van der Waals surface area (Å²) < 4.78 is 50.0. The van der Waals surface area contributed by atoms with Gasteiger partial charge in [-0.2, -0.15) is 0 Å². The van der Waals surface area contributed by atoms with Crippen molar-refractivity contribution < 1.29 is 58.0 Å². The zero-order chi connectivity index (χ0) is 33.7. The van der Waals surface area contributed by atoms with Crippen LogP contribution in [0.5, 0.6) is 0 Å². The lowest BCUT2D eigenvalue weighted by atomic mass is 9.76. The van der Waals surface area contributed by atoms with Crippen LogP contribution in [0.15, 0.2) is 0 Å². The fourth-order valence-corrected chi connectivity index (χ4v) is 6.54. The molecule has 1 aliphatic carbocycles. The lowest BCUT2D eigenvalue weighted by Crippen LogP contribution is -2.63. The number of carbonyl (C=O) groups excluding carboxylic acids is 1. The number of carbonyl (C=O) groups is 1. The molecule has 16 N–H and O–H groups in total. The number of halogens is 1. The maximum atomic E-state index is 14.0. The van der Waals surface area contributed by atoms with Crippen molar-refractivity contribution in [1.82, 2.24) is 0 Å². The summed E-state index contributed by atoms with van der Waals surface area (Å²) in [6.07, 6.45) is -13.7. The molecule has 46 heavy (non-hydrogen) atoms. The van der Waals surface area contributed by atoms with Crippen LogP contribution >= 0.6 is 0 Å². The SMILES string of the molecule is NC[C@@H]1CC[C@@H](N)[C@@H](O[C@H]2[C@H](O[C@@H]3O[C@H](CO)[C@@H](O[C@H]4O[C@@H](CN)CC[C@H]4N)[C@H]3O)[C@@H](O)[C@H](CC(=O)[C@H](O)[C@@H](F)CN)C[C@@H]2N)O1. The molecular weight excluding hydrogens is 615 g/mol. The molecule has 0 aromatic heterocycles. The Balaban J connectivity index is 1.54. The van der Waals surface area contributed by atoms with E-state index in [2.05, 4.69) is 0 Å². The van der Waals surface area contributed by atoms with E-state index in [9.17, 15) is 29.6 Å². The molecule has 4 aliphatic rings. The summed E-state index contributed by atoms with van der Waals surface area (Å²) in [6, 6.07) is -1.96. The molecule has 4 fully saturated rings. The van der Waals surface area contributed by atoms with Gasteiger partial charge in [0, 0.05) is 32.1 Å². The Hall–Kier alpha value is -1.04. The highest BCUT2D eigenvalue weighted by atomic mass is 19.1. The molecule has 0 spiro atoms. The molecule has 4 rings (SSSR count). The normalized spacial score (nSPS) is 45.0.